The highest BCUT2D eigenvalue weighted by molar-refractivity contribution is 5.84. The second-order valence-corrected chi connectivity index (χ2v) is 7.17. The minimum Gasteiger partial charge on any atom is -0.507 e. The average molecular weight is 364 g/mol. The van der Waals surface area contributed by atoms with E-state index in [1.54, 1.807) is 24.6 Å². The molecule has 4 heteroatoms. The third kappa shape index (κ3) is 4.97. The number of phenols is 2. The van der Waals surface area contributed by atoms with Crippen LogP contribution in [0.2, 0.25) is 0 Å². The van der Waals surface area contributed by atoms with E-state index >= 15 is 0 Å². The van der Waals surface area contributed by atoms with Crippen molar-refractivity contribution in [3.8, 4) is 11.5 Å². The van der Waals surface area contributed by atoms with Crippen molar-refractivity contribution in [2.45, 2.75) is 58.0 Å². The summed E-state index contributed by atoms with van der Waals surface area (Å²) in [7, 11) is 0. The molecule has 0 amide bonds. The van der Waals surface area contributed by atoms with E-state index < -0.39 is 0 Å². The SMILES string of the molecule is CCc1ccc(O)c(C=NC2CCC(N=Cc3cc(CC)ccc3O)C2)c1. The van der Waals surface area contributed by atoms with E-state index in [2.05, 4.69) is 23.8 Å². The Bertz CT molecular complexity index is 773. The molecule has 142 valence electrons. The number of benzene rings is 2. The van der Waals surface area contributed by atoms with Crippen molar-refractivity contribution in [3.05, 3.63) is 58.7 Å². The van der Waals surface area contributed by atoms with Crippen molar-refractivity contribution in [2.24, 2.45) is 9.98 Å². The lowest BCUT2D eigenvalue weighted by atomic mass is 10.1. The molecular formula is C23H28N2O2. The van der Waals surface area contributed by atoms with Crippen LogP contribution in [0.1, 0.15) is 55.4 Å². The Labute approximate surface area is 161 Å². The second kappa shape index (κ2) is 8.85. The van der Waals surface area contributed by atoms with Crippen molar-refractivity contribution in [1.82, 2.24) is 0 Å². The number of hydrogen-bond acceptors (Lipinski definition) is 4. The van der Waals surface area contributed by atoms with Gasteiger partial charge in [-0.3, -0.25) is 9.98 Å². The Hall–Kier alpha value is -2.62. The van der Waals surface area contributed by atoms with Gasteiger partial charge in [-0.05, 0) is 67.5 Å². The maximum Gasteiger partial charge on any atom is 0.124 e. The van der Waals surface area contributed by atoms with E-state index in [-0.39, 0.29) is 23.6 Å². The molecule has 1 fully saturated rings. The average Bonchev–Trinajstić information content (AvgIpc) is 3.14. The Morgan fingerprint density at radius 3 is 1.67 bits per heavy atom. The predicted octanol–water partition coefficient (Wildman–Crippen LogP) is 4.68. The third-order valence-electron chi connectivity index (χ3n) is 5.23. The summed E-state index contributed by atoms with van der Waals surface area (Å²) in [5.74, 6) is 0.546. The van der Waals surface area contributed by atoms with Crippen molar-refractivity contribution in [2.75, 3.05) is 0 Å². The smallest absolute Gasteiger partial charge is 0.124 e. The van der Waals surface area contributed by atoms with Gasteiger partial charge in [-0.15, -0.1) is 0 Å². The fourth-order valence-electron chi connectivity index (χ4n) is 3.43. The Morgan fingerprint density at radius 2 is 1.26 bits per heavy atom. The summed E-state index contributed by atoms with van der Waals surface area (Å²) in [6.45, 7) is 4.20. The van der Waals surface area contributed by atoms with Gasteiger partial charge in [0, 0.05) is 23.6 Å². The summed E-state index contributed by atoms with van der Waals surface area (Å²) < 4.78 is 0. The van der Waals surface area contributed by atoms with Gasteiger partial charge in [-0.2, -0.15) is 0 Å². The molecule has 0 saturated heterocycles. The van der Waals surface area contributed by atoms with Crippen LogP contribution >= 0.6 is 0 Å². The molecule has 1 aliphatic rings. The fourth-order valence-corrected chi connectivity index (χ4v) is 3.43. The van der Waals surface area contributed by atoms with Gasteiger partial charge in [0.05, 0.1) is 12.1 Å². The summed E-state index contributed by atoms with van der Waals surface area (Å²) in [6, 6.07) is 11.8. The fraction of sp³-hybridized carbons (Fsp3) is 0.391. The molecule has 0 heterocycles. The molecule has 2 unspecified atom stereocenters. The highest BCUT2D eigenvalue weighted by Crippen LogP contribution is 2.26. The summed E-state index contributed by atoms with van der Waals surface area (Å²) in [6.07, 6.45) is 8.35. The Kier molecular flexibility index (Phi) is 6.28. The van der Waals surface area contributed by atoms with Crippen LogP contribution in [0.25, 0.3) is 0 Å². The lowest BCUT2D eigenvalue weighted by Gasteiger charge is -2.06. The van der Waals surface area contributed by atoms with Gasteiger partial charge in [-0.25, -0.2) is 0 Å². The highest BCUT2D eigenvalue weighted by atomic mass is 16.3. The van der Waals surface area contributed by atoms with Crippen LogP contribution in [0.15, 0.2) is 46.4 Å². The van der Waals surface area contributed by atoms with Gasteiger partial charge >= 0.3 is 0 Å². The van der Waals surface area contributed by atoms with Gasteiger partial charge in [0.2, 0.25) is 0 Å². The first-order valence-corrected chi connectivity index (χ1v) is 9.79. The highest BCUT2D eigenvalue weighted by Gasteiger charge is 2.23. The number of aromatic hydroxyl groups is 2. The number of phenolic OH excluding ortho intramolecular Hbond substituents is 2. The minimum atomic E-state index is 0.229. The first kappa shape index (κ1) is 19.2. The van der Waals surface area contributed by atoms with Gasteiger partial charge in [-0.1, -0.05) is 26.0 Å². The van der Waals surface area contributed by atoms with Crippen molar-refractivity contribution in [3.63, 3.8) is 0 Å². The molecule has 0 aromatic heterocycles. The molecule has 3 rings (SSSR count). The topological polar surface area (TPSA) is 65.2 Å². The molecule has 2 aromatic carbocycles. The van der Waals surface area contributed by atoms with Gasteiger partial charge in [0.15, 0.2) is 0 Å². The summed E-state index contributed by atoms with van der Waals surface area (Å²) in [5, 5.41) is 20.0. The van der Waals surface area contributed by atoms with Crippen LogP contribution in [0.3, 0.4) is 0 Å². The monoisotopic (exact) mass is 364 g/mol. The Balaban J connectivity index is 1.62. The normalized spacial score (nSPS) is 20.1. The van der Waals surface area contributed by atoms with Gasteiger partial charge in [0.25, 0.3) is 0 Å². The summed E-state index contributed by atoms with van der Waals surface area (Å²) in [4.78, 5) is 9.34. The quantitative estimate of drug-likeness (QED) is 0.731. The van der Waals surface area contributed by atoms with E-state index in [1.165, 1.54) is 11.1 Å². The maximum atomic E-state index is 10.00. The van der Waals surface area contributed by atoms with Crippen molar-refractivity contribution >= 4 is 12.4 Å². The van der Waals surface area contributed by atoms with Gasteiger partial charge < -0.3 is 10.2 Å². The molecule has 0 bridgehead atoms. The first-order valence-electron chi connectivity index (χ1n) is 9.79. The number of rotatable bonds is 6. The number of hydrogen-bond donors (Lipinski definition) is 2. The van der Waals surface area contributed by atoms with E-state index in [0.29, 0.717) is 0 Å². The summed E-state index contributed by atoms with van der Waals surface area (Å²) in [5.41, 5.74) is 3.94. The standard InChI is InChI=1S/C23H28N2O2/c1-3-16-5-9-22(26)18(11-16)14-24-20-7-8-21(13-20)25-15-19-12-17(4-2)6-10-23(19)27/h5-6,9-12,14-15,20-21,26-27H,3-4,7-8,13H2,1-2H3. The zero-order valence-electron chi connectivity index (χ0n) is 16.1. The molecular weight excluding hydrogens is 336 g/mol. The van der Waals surface area contributed by atoms with Crippen LogP contribution in [0, 0.1) is 0 Å². The molecule has 1 saturated carbocycles. The zero-order valence-corrected chi connectivity index (χ0v) is 16.1. The number of nitrogens with zero attached hydrogens (tertiary/aromatic N) is 2. The predicted molar refractivity (Wildman–Crippen MR) is 112 cm³/mol. The number of aliphatic imine (C=N–C) groups is 2. The lowest BCUT2D eigenvalue weighted by Crippen LogP contribution is -2.03. The van der Waals surface area contributed by atoms with Crippen LogP contribution in [0.5, 0.6) is 11.5 Å². The Morgan fingerprint density at radius 1 is 0.815 bits per heavy atom. The maximum absolute atomic E-state index is 10.00. The first-order chi connectivity index (χ1) is 13.1. The molecule has 1 aliphatic carbocycles. The van der Waals surface area contributed by atoms with Gasteiger partial charge in [0.1, 0.15) is 11.5 Å². The van der Waals surface area contributed by atoms with Crippen LogP contribution in [-0.4, -0.2) is 34.7 Å². The molecule has 0 aliphatic heterocycles. The number of aryl methyl sites for hydroxylation is 2. The lowest BCUT2D eigenvalue weighted by molar-refractivity contribution is 0.473. The van der Waals surface area contributed by atoms with Crippen molar-refractivity contribution in [1.29, 1.82) is 0 Å². The third-order valence-corrected chi connectivity index (χ3v) is 5.23. The van der Waals surface area contributed by atoms with E-state index in [1.807, 2.05) is 24.3 Å². The molecule has 4 nitrogen and oxygen atoms in total. The van der Waals surface area contributed by atoms with E-state index in [4.69, 9.17) is 0 Å². The molecule has 2 aromatic rings. The zero-order chi connectivity index (χ0) is 19.2. The molecule has 0 spiro atoms. The van der Waals surface area contributed by atoms with Crippen LogP contribution < -0.4 is 0 Å². The van der Waals surface area contributed by atoms with Crippen LogP contribution in [0.4, 0.5) is 0 Å². The molecule has 27 heavy (non-hydrogen) atoms. The second-order valence-electron chi connectivity index (χ2n) is 7.17. The molecule has 2 N–H and O–H groups in total. The van der Waals surface area contributed by atoms with E-state index in [9.17, 15) is 10.2 Å². The molecule has 2 atom stereocenters. The van der Waals surface area contributed by atoms with E-state index in [0.717, 1.165) is 43.2 Å². The minimum absolute atomic E-state index is 0.229. The van der Waals surface area contributed by atoms with Crippen molar-refractivity contribution < 1.29 is 10.2 Å². The molecule has 0 radical (unpaired) electrons. The van der Waals surface area contributed by atoms with Crippen LogP contribution in [-0.2, 0) is 12.8 Å². The summed E-state index contributed by atoms with van der Waals surface area (Å²) >= 11 is 0. The largest absolute Gasteiger partial charge is 0.507 e.